The molecule has 0 saturated heterocycles. The Balaban J connectivity index is 1.28. The van der Waals surface area contributed by atoms with E-state index >= 15 is 0 Å². The molecule has 4 rings (SSSR count). The molecule has 4 nitrogen and oxygen atoms in total. The predicted molar refractivity (Wildman–Crippen MR) is 91.7 cm³/mol. The van der Waals surface area contributed by atoms with Crippen LogP contribution in [0.5, 0.6) is 11.5 Å². The minimum absolute atomic E-state index is 0.0310. The Morgan fingerprint density at radius 3 is 2.48 bits per heavy atom. The van der Waals surface area contributed by atoms with E-state index in [1.807, 2.05) is 24.3 Å². The van der Waals surface area contributed by atoms with Crippen molar-refractivity contribution in [2.45, 2.75) is 24.6 Å². The second-order valence-electron chi connectivity index (χ2n) is 6.81. The Kier molecular flexibility index (Phi) is 4.45. The van der Waals surface area contributed by atoms with Crippen LogP contribution in [0.25, 0.3) is 0 Å². The van der Waals surface area contributed by atoms with Gasteiger partial charge in [-0.15, -0.1) is 0 Å². The van der Waals surface area contributed by atoms with E-state index in [1.54, 1.807) is 0 Å². The second kappa shape index (κ2) is 6.79. The first-order valence-corrected chi connectivity index (χ1v) is 8.75. The summed E-state index contributed by atoms with van der Waals surface area (Å²) in [6.45, 7) is 0.674. The monoisotopic (exact) mass is 377 g/mol. The zero-order valence-electron chi connectivity index (χ0n) is 14.3. The molecule has 1 amide bonds. The molecule has 2 aromatic rings. The quantitative estimate of drug-likeness (QED) is 0.883. The van der Waals surface area contributed by atoms with Crippen molar-refractivity contribution in [1.29, 1.82) is 0 Å². The highest BCUT2D eigenvalue weighted by Gasteiger charge is 2.44. The van der Waals surface area contributed by atoms with Crippen molar-refractivity contribution in [2.24, 2.45) is 5.92 Å². The summed E-state index contributed by atoms with van der Waals surface area (Å²) in [5.41, 5.74) is 0.0805. The molecule has 0 bridgehead atoms. The van der Waals surface area contributed by atoms with Crippen LogP contribution in [0.2, 0.25) is 0 Å². The van der Waals surface area contributed by atoms with E-state index in [4.69, 9.17) is 9.47 Å². The van der Waals surface area contributed by atoms with Gasteiger partial charge in [0.15, 0.2) is 11.5 Å². The summed E-state index contributed by atoms with van der Waals surface area (Å²) < 4.78 is 49.3. The van der Waals surface area contributed by atoms with E-state index in [1.165, 1.54) is 12.1 Å². The van der Waals surface area contributed by atoms with Crippen LogP contribution in [0.3, 0.4) is 0 Å². The number of nitrogens with one attached hydrogen (secondary N) is 1. The summed E-state index contributed by atoms with van der Waals surface area (Å²) in [6, 6.07) is 12.4. The number of rotatable bonds is 4. The zero-order valence-corrected chi connectivity index (χ0v) is 14.3. The summed E-state index contributed by atoms with van der Waals surface area (Å²) in [4.78, 5) is 12.3. The van der Waals surface area contributed by atoms with Gasteiger partial charge in [-0.2, -0.15) is 13.2 Å². The molecule has 0 radical (unpaired) electrons. The van der Waals surface area contributed by atoms with Gasteiger partial charge in [-0.1, -0.05) is 24.3 Å². The van der Waals surface area contributed by atoms with Gasteiger partial charge in [0, 0.05) is 5.92 Å². The van der Waals surface area contributed by atoms with Gasteiger partial charge >= 0.3 is 6.18 Å². The van der Waals surface area contributed by atoms with Crippen molar-refractivity contribution in [1.82, 2.24) is 5.32 Å². The summed E-state index contributed by atoms with van der Waals surface area (Å²) in [5.74, 6) is 0.985. The first-order valence-electron chi connectivity index (χ1n) is 8.75. The molecular formula is C20H18F3NO3. The minimum Gasteiger partial charge on any atom is -0.486 e. The first-order chi connectivity index (χ1) is 12.9. The lowest BCUT2D eigenvalue weighted by Gasteiger charge is -2.26. The number of hydrogen-bond donors (Lipinski definition) is 1. The number of para-hydroxylation sites is 2. The lowest BCUT2D eigenvalue weighted by atomic mass is 10.1. The SMILES string of the molecule is O=C(NC[C@@H]1COc2ccccc2O1)[C@@H]1C[C@@H]1c1ccc(C(F)(F)F)cc1. The van der Waals surface area contributed by atoms with Gasteiger partial charge in [-0.25, -0.2) is 0 Å². The number of alkyl halides is 3. The van der Waals surface area contributed by atoms with Crippen LogP contribution in [-0.2, 0) is 11.0 Å². The fourth-order valence-electron chi connectivity index (χ4n) is 3.28. The van der Waals surface area contributed by atoms with E-state index in [0.29, 0.717) is 31.1 Å². The van der Waals surface area contributed by atoms with Crippen molar-refractivity contribution in [3.63, 3.8) is 0 Å². The van der Waals surface area contributed by atoms with Crippen LogP contribution < -0.4 is 14.8 Å². The Hall–Kier alpha value is -2.70. The van der Waals surface area contributed by atoms with Crippen LogP contribution in [-0.4, -0.2) is 25.2 Å². The van der Waals surface area contributed by atoms with E-state index < -0.39 is 11.7 Å². The highest BCUT2D eigenvalue weighted by molar-refractivity contribution is 5.82. The molecule has 1 fully saturated rings. The third-order valence-corrected chi connectivity index (χ3v) is 4.86. The number of fused-ring (bicyclic) bond motifs is 1. The van der Waals surface area contributed by atoms with Crippen LogP contribution >= 0.6 is 0 Å². The molecule has 0 spiro atoms. The van der Waals surface area contributed by atoms with Crippen molar-refractivity contribution in [2.75, 3.05) is 13.2 Å². The van der Waals surface area contributed by atoms with Crippen LogP contribution in [0, 0.1) is 5.92 Å². The van der Waals surface area contributed by atoms with Gasteiger partial charge in [0.25, 0.3) is 0 Å². The largest absolute Gasteiger partial charge is 0.486 e. The molecule has 7 heteroatoms. The summed E-state index contributed by atoms with van der Waals surface area (Å²) in [5, 5.41) is 2.86. The van der Waals surface area contributed by atoms with Crippen LogP contribution in [0.1, 0.15) is 23.5 Å². The molecule has 1 aliphatic heterocycles. The minimum atomic E-state index is -4.35. The number of halogens is 3. The molecule has 27 heavy (non-hydrogen) atoms. The molecule has 1 saturated carbocycles. The number of amides is 1. The summed E-state index contributed by atoms with van der Waals surface area (Å²) >= 11 is 0. The van der Waals surface area contributed by atoms with E-state index in [-0.39, 0.29) is 23.8 Å². The van der Waals surface area contributed by atoms with Crippen molar-refractivity contribution in [3.05, 3.63) is 59.7 Å². The predicted octanol–water partition coefficient (Wildman–Crippen LogP) is 3.77. The van der Waals surface area contributed by atoms with Crippen LogP contribution in [0.15, 0.2) is 48.5 Å². The number of benzene rings is 2. The molecule has 2 aliphatic rings. The highest BCUT2D eigenvalue weighted by atomic mass is 19.4. The lowest BCUT2D eigenvalue weighted by molar-refractivity contribution is -0.137. The van der Waals surface area contributed by atoms with Gasteiger partial charge in [-0.05, 0) is 42.2 Å². The zero-order chi connectivity index (χ0) is 19.0. The van der Waals surface area contributed by atoms with E-state index in [0.717, 1.165) is 17.7 Å². The maximum Gasteiger partial charge on any atom is 0.416 e. The summed E-state index contributed by atoms with van der Waals surface area (Å²) in [7, 11) is 0. The third kappa shape index (κ3) is 3.86. The smallest absolute Gasteiger partial charge is 0.416 e. The van der Waals surface area contributed by atoms with Gasteiger partial charge in [0.1, 0.15) is 12.7 Å². The second-order valence-corrected chi connectivity index (χ2v) is 6.81. The molecular weight excluding hydrogens is 359 g/mol. The highest BCUT2D eigenvalue weighted by Crippen LogP contribution is 2.48. The number of hydrogen-bond acceptors (Lipinski definition) is 3. The fourth-order valence-corrected chi connectivity index (χ4v) is 3.28. The van der Waals surface area contributed by atoms with Crippen molar-refractivity contribution < 1.29 is 27.4 Å². The molecule has 1 N–H and O–H groups in total. The maximum absolute atomic E-state index is 12.6. The average molecular weight is 377 g/mol. The van der Waals surface area contributed by atoms with E-state index in [9.17, 15) is 18.0 Å². The van der Waals surface area contributed by atoms with Crippen molar-refractivity contribution in [3.8, 4) is 11.5 Å². The molecule has 3 atom stereocenters. The topological polar surface area (TPSA) is 47.6 Å². The molecule has 142 valence electrons. The molecule has 1 aliphatic carbocycles. The molecule has 1 heterocycles. The Labute approximate surface area is 154 Å². The Morgan fingerprint density at radius 1 is 1.07 bits per heavy atom. The van der Waals surface area contributed by atoms with Gasteiger partial charge < -0.3 is 14.8 Å². The maximum atomic E-state index is 12.6. The summed E-state index contributed by atoms with van der Waals surface area (Å²) in [6.07, 6.45) is -3.98. The number of carbonyl (C=O) groups is 1. The van der Waals surface area contributed by atoms with Gasteiger partial charge in [0.05, 0.1) is 12.1 Å². The Morgan fingerprint density at radius 2 is 1.78 bits per heavy atom. The number of ether oxygens (including phenoxy) is 2. The molecule has 0 unspecified atom stereocenters. The van der Waals surface area contributed by atoms with Crippen molar-refractivity contribution >= 4 is 5.91 Å². The fraction of sp³-hybridized carbons (Fsp3) is 0.350. The number of carbonyl (C=O) groups excluding carboxylic acids is 1. The average Bonchev–Trinajstić information content (AvgIpc) is 3.46. The first kappa shape index (κ1) is 17.7. The lowest BCUT2D eigenvalue weighted by Crippen LogP contribution is -2.41. The molecule has 2 aromatic carbocycles. The Bertz CT molecular complexity index is 835. The van der Waals surface area contributed by atoms with Crippen LogP contribution in [0.4, 0.5) is 13.2 Å². The normalized spacial score (nSPS) is 23.6. The molecule has 0 aromatic heterocycles. The van der Waals surface area contributed by atoms with E-state index in [2.05, 4.69) is 5.32 Å². The standard InChI is InChI=1S/C20H18F3NO3/c21-20(22,23)13-7-5-12(6-8-13)15-9-16(15)19(25)24-10-14-11-26-17-3-1-2-4-18(17)27-14/h1-8,14-16H,9-11H2,(H,24,25)/t14-,15-,16-/m1/s1. The third-order valence-electron chi connectivity index (χ3n) is 4.86. The van der Waals surface area contributed by atoms with Gasteiger partial charge in [0.2, 0.25) is 5.91 Å². The van der Waals surface area contributed by atoms with Gasteiger partial charge in [-0.3, -0.25) is 4.79 Å².